The Morgan fingerprint density at radius 3 is 2.63 bits per heavy atom. The topological polar surface area (TPSA) is 66.7 Å². The minimum Gasteiger partial charge on any atom is -0.337 e. The fraction of sp³-hybridized carbons (Fsp3) is 0.350. The van der Waals surface area contributed by atoms with Crippen molar-refractivity contribution in [3.8, 4) is 0 Å². The molecule has 1 aliphatic heterocycles. The number of hydrogen-bond acceptors (Lipinski definition) is 4. The maximum Gasteiger partial charge on any atom is 0.273 e. The van der Waals surface area contributed by atoms with Crippen LogP contribution in [-0.4, -0.2) is 46.8 Å². The lowest BCUT2D eigenvalue weighted by Crippen LogP contribution is -2.35. The zero-order valence-electron chi connectivity index (χ0n) is 15.2. The van der Waals surface area contributed by atoms with Crippen molar-refractivity contribution < 1.29 is 14.1 Å². The fourth-order valence-corrected chi connectivity index (χ4v) is 3.42. The summed E-state index contributed by atoms with van der Waals surface area (Å²) in [5, 5.41) is 11.1. The average molecular weight is 371 g/mol. The Labute approximate surface area is 157 Å². The average Bonchev–Trinajstić information content (AvgIpc) is 2.89. The molecule has 0 spiro atoms. The first-order valence-electron chi connectivity index (χ1n) is 8.96. The molecule has 142 valence electrons. The van der Waals surface area contributed by atoms with E-state index in [-0.39, 0.29) is 17.4 Å². The van der Waals surface area contributed by atoms with Gasteiger partial charge < -0.3 is 4.90 Å². The second kappa shape index (κ2) is 8.26. The molecule has 6 nitrogen and oxygen atoms in total. The number of nitro benzene ring substituents is 1. The van der Waals surface area contributed by atoms with Crippen molar-refractivity contribution in [2.75, 3.05) is 26.2 Å². The number of rotatable bonds is 4. The highest BCUT2D eigenvalue weighted by atomic mass is 19.1. The van der Waals surface area contributed by atoms with Crippen LogP contribution in [0, 0.1) is 22.9 Å². The van der Waals surface area contributed by atoms with Crippen LogP contribution in [0.4, 0.5) is 10.1 Å². The molecule has 2 aromatic rings. The predicted octanol–water partition coefficient (Wildman–Crippen LogP) is 3.39. The minimum absolute atomic E-state index is 0.0446. The van der Waals surface area contributed by atoms with Gasteiger partial charge in [0.05, 0.1) is 4.92 Å². The summed E-state index contributed by atoms with van der Waals surface area (Å²) >= 11 is 0. The Balaban J connectivity index is 1.69. The molecule has 0 radical (unpaired) electrons. The first kappa shape index (κ1) is 19.0. The zero-order valence-corrected chi connectivity index (χ0v) is 15.2. The van der Waals surface area contributed by atoms with Crippen LogP contribution in [0.3, 0.4) is 0 Å². The normalized spacial score (nSPS) is 15.4. The van der Waals surface area contributed by atoms with Gasteiger partial charge in [-0.3, -0.25) is 19.8 Å². The molecule has 1 heterocycles. The summed E-state index contributed by atoms with van der Waals surface area (Å²) < 4.78 is 13.9. The van der Waals surface area contributed by atoms with E-state index in [0.717, 1.165) is 13.0 Å². The Morgan fingerprint density at radius 2 is 1.89 bits per heavy atom. The number of hydrogen-bond donors (Lipinski definition) is 0. The molecule has 1 fully saturated rings. The van der Waals surface area contributed by atoms with Gasteiger partial charge in [0.1, 0.15) is 5.82 Å². The molecule has 27 heavy (non-hydrogen) atoms. The minimum atomic E-state index is -0.468. The summed E-state index contributed by atoms with van der Waals surface area (Å²) in [6.07, 6.45) is 0.772. The van der Waals surface area contributed by atoms with E-state index >= 15 is 0 Å². The molecule has 7 heteroatoms. The SMILES string of the molecule is Cc1c(C(=O)N2CCCN(Cc3ccccc3F)CC2)cccc1[N+](=O)[O-]. The van der Waals surface area contributed by atoms with Gasteiger partial charge >= 0.3 is 0 Å². The Kier molecular flexibility index (Phi) is 5.81. The molecular weight excluding hydrogens is 349 g/mol. The van der Waals surface area contributed by atoms with Crippen molar-refractivity contribution in [1.82, 2.24) is 9.80 Å². The van der Waals surface area contributed by atoms with E-state index in [4.69, 9.17) is 0 Å². The van der Waals surface area contributed by atoms with Gasteiger partial charge in [0.25, 0.3) is 11.6 Å². The molecular formula is C20H22FN3O3. The third kappa shape index (κ3) is 4.31. The highest BCUT2D eigenvalue weighted by Gasteiger charge is 2.24. The monoisotopic (exact) mass is 371 g/mol. The molecule has 1 saturated heterocycles. The quantitative estimate of drug-likeness (QED) is 0.610. The van der Waals surface area contributed by atoms with Crippen LogP contribution in [0.2, 0.25) is 0 Å². The van der Waals surface area contributed by atoms with Crippen molar-refractivity contribution in [3.63, 3.8) is 0 Å². The number of benzene rings is 2. The molecule has 3 rings (SSSR count). The molecule has 0 saturated carbocycles. The number of carbonyl (C=O) groups excluding carboxylic acids is 1. The van der Waals surface area contributed by atoms with Crippen LogP contribution in [-0.2, 0) is 6.54 Å². The summed E-state index contributed by atoms with van der Waals surface area (Å²) in [6.45, 7) is 4.60. The third-order valence-corrected chi connectivity index (χ3v) is 4.96. The lowest BCUT2D eigenvalue weighted by Gasteiger charge is -2.22. The second-order valence-electron chi connectivity index (χ2n) is 6.72. The number of nitrogens with zero attached hydrogens (tertiary/aromatic N) is 3. The number of carbonyl (C=O) groups is 1. The lowest BCUT2D eigenvalue weighted by atomic mass is 10.1. The molecule has 0 N–H and O–H groups in total. The van der Waals surface area contributed by atoms with E-state index in [9.17, 15) is 19.3 Å². The van der Waals surface area contributed by atoms with Gasteiger partial charge in [-0.2, -0.15) is 0 Å². The number of halogens is 1. The van der Waals surface area contributed by atoms with E-state index in [1.165, 1.54) is 12.1 Å². The molecule has 0 bridgehead atoms. The van der Waals surface area contributed by atoms with Gasteiger partial charge in [0, 0.05) is 55.5 Å². The van der Waals surface area contributed by atoms with Crippen molar-refractivity contribution in [2.45, 2.75) is 19.9 Å². The van der Waals surface area contributed by atoms with Crippen LogP contribution in [0.25, 0.3) is 0 Å². The summed E-state index contributed by atoms with van der Waals surface area (Å²) in [4.78, 5) is 27.4. The highest BCUT2D eigenvalue weighted by Crippen LogP contribution is 2.23. The third-order valence-electron chi connectivity index (χ3n) is 4.96. The Bertz CT molecular complexity index is 856. The maximum atomic E-state index is 13.9. The number of amides is 1. The van der Waals surface area contributed by atoms with Crippen LogP contribution in [0.5, 0.6) is 0 Å². The summed E-state index contributed by atoms with van der Waals surface area (Å²) in [7, 11) is 0. The largest absolute Gasteiger partial charge is 0.337 e. The van der Waals surface area contributed by atoms with E-state index in [2.05, 4.69) is 4.90 Å². The van der Waals surface area contributed by atoms with Gasteiger partial charge in [0.15, 0.2) is 0 Å². The van der Waals surface area contributed by atoms with Gasteiger partial charge in [-0.05, 0) is 25.5 Å². The molecule has 1 aliphatic rings. The van der Waals surface area contributed by atoms with E-state index in [1.54, 1.807) is 36.1 Å². The van der Waals surface area contributed by atoms with Crippen LogP contribution < -0.4 is 0 Å². The van der Waals surface area contributed by atoms with Gasteiger partial charge in [-0.25, -0.2) is 4.39 Å². The van der Waals surface area contributed by atoms with Crippen LogP contribution in [0.15, 0.2) is 42.5 Å². The molecule has 2 aromatic carbocycles. The molecule has 0 unspecified atom stereocenters. The number of nitro groups is 1. The van der Waals surface area contributed by atoms with Crippen molar-refractivity contribution >= 4 is 11.6 Å². The van der Waals surface area contributed by atoms with Gasteiger partial charge in [-0.1, -0.05) is 24.3 Å². The highest BCUT2D eigenvalue weighted by molar-refractivity contribution is 5.96. The lowest BCUT2D eigenvalue weighted by molar-refractivity contribution is -0.385. The summed E-state index contributed by atoms with van der Waals surface area (Å²) in [6, 6.07) is 11.3. The van der Waals surface area contributed by atoms with Crippen molar-refractivity contribution in [3.05, 3.63) is 75.1 Å². The van der Waals surface area contributed by atoms with E-state index in [0.29, 0.717) is 42.9 Å². The standard InChI is InChI=1S/C20H22FN3O3/c1-15-17(7-4-9-19(15)24(26)27)20(25)23-11-5-10-22(12-13-23)14-16-6-2-3-8-18(16)21/h2-4,6-9H,5,10-14H2,1H3. The van der Waals surface area contributed by atoms with Crippen molar-refractivity contribution in [1.29, 1.82) is 0 Å². The maximum absolute atomic E-state index is 13.9. The summed E-state index contributed by atoms with van der Waals surface area (Å²) in [5.41, 5.74) is 1.36. The second-order valence-corrected chi connectivity index (χ2v) is 6.72. The Hall–Kier alpha value is -2.80. The molecule has 0 aromatic heterocycles. The smallest absolute Gasteiger partial charge is 0.273 e. The first-order valence-corrected chi connectivity index (χ1v) is 8.96. The fourth-order valence-electron chi connectivity index (χ4n) is 3.42. The van der Waals surface area contributed by atoms with Gasteiger partial charge in [0.2, 0.25) is 0 Å². The van der Waals surface area contributed by atoms with E-state index in [1.807, 2.05) is 6.07 Å². The van der Waals surface area contributed by atoms with Crippen LogP contribution in [0.1, 0.15) is 27.9 Å². The Morgan fingerprint density at radius 1 is 1.11 bits per heavy atom. The van der Waals surface area contributed by atoms with Crippen LogP contribution >= 0.6 is 0 Å². The zero-order chi connectivity index (χ0) is 19.4. The van der Waals surface area contributed by atoms with E-state index < -0.39 is 4.92 Å². The van der Waals surface area contributed by atoms with Crippen molar-refractivity contribution in [2.24, 2.45) is 0 Å². The first-order chi connectivity index (χ1) is 13.0. The summed E-state index contributed by atoms with van der Waals surface area (Å²) in [5.74, 6) is -0.411. The van der Waals surface area contributed by atoms with Gasteiger partial charge in [-0.15, -0.1) is 0 Å². The molecule has 0 atom stereocenters. The molecule has 1 amide bonds. The molecule has 0 aliphatic carbocycles. The predicted molar refractivity (Wildman–Crippen MR) is 100 cm³/mol.